The molecule has 1 aromatic carbocycles. The van der Waals surface area contributed by atoms with Crippen LogP contribution in [0.25, 0.3) is 0 Å². The Kier molecular flexibility index (Phi) is 4.70. The van der Waals surface area contributed by atoms with Gasteiger partial charge in [-0.25, -0.2) is 4.98 Å². The van der Waals surface area contributed by atoms with Gasteiger partial charge in [0.25, 0.3) is 0 Å². The minimum absolute atomic E-state index is 0.587. The average Bonchev–Trinajstić information content (AvgIpc) is 2.86. The molecule has 0 unspecified atom stereocenters. The smallest absolute Gasteiger partial charge is 0.191 e. The predicted molar refractivity (Wildman–Crippen MR) is 79.2 cm³/mol. The van der Waals surface area contributed by atoms with E-state index in [0.29, 0.717) is 6.54 Å². The van der Waals surface area contributed by atoms with Gasteiger partial charge in [0.2, 0.25) is 0 Å². The van der Waals surface area contributed by atoms with E-state index in [0.717, 1.165) is 18.3 Å². The van der Waals surface area contributed by atoms with Crippen LogP contribution in [0.15, 0.2) is 35.6 Å². The third-order valence-corrected chi connectivity index (χ3v) is 3.02. The summed E-state index contributed by atoms with van der Waals surface area (Å²) in [6, 6.07) is 8.43. The third kappa shape index (κ3) is 3.81. The van der Waals surface area contributed by atoms with Crippen molar-refractivity contribution >= 4 is 5.96 Å². The summed E-state index contributed by atoms with van der Waals surface area (Å²) < 4.78 is 1.74. The molecule has 0 saturated carbocycles. The van der Waals surface area contributed by atoms with Crippen LogP contribution in [0.1, 0.15) is 17.0 Å². The highest BCUT2D eigenvalue weighted by molar-refractivity contribution is 5.79. The Labute approximate surface area is 119 Å². The molecule has 0 bridgehead atoms. The largest absolute Gasteiger partial charge is 0.352 e. The molecule has 0 saturated heterocycles. The van der Waals surface area contributed by atoms with Crippen molar-refractivity contribution in [2.45, 2.75) is 20.0 Å². The van der Waals surface area contributed by atoms with Crippen molar-refractivity contribution in [2.75, 3.05) is 7.05 Å². The van der Waals surface area contributed by atoms with Crippen LogP contribution in [0.3, 0.4) is 0 Å². The van der Waals surface area contributed by atoms with Gasteiger partial charge in [0, 0.05) is 20.6 Å². The molecule has 2 rings (SSSR count). The van der Waals surface area contributed by atoms with E-state index in [2.05, 4.69) is 56.9 Å². The van der Waals surface area contributed by atoms with Crippen molar-refractivity contribution in [3.8, 4) is 0 Å². The molecule has 20 heavy (non-hydrogen) atoms. The van der Waals surface area contributed by atoms with Crippen LogP contribution in [0.2, 0.25) is 0 Å². The first-order chi connectivity index (χ1) is 9.69. The molecule has 6 nitrogen and oxygen atoms in total. The number of hydrogen-bond acceptors (Lipinski definition) is 3. The van der Waals surface area contributed by atoms with E-state index >= 15 is 0 Å². The van der Waals surface area contributed by atoms with Gasteiger partial charge in [-0.05, 0) is 12.5 Å². The maximum atomic E-state index is 4.19. The number of aliphatic imine (C=N–C) groups is 1. The first kappa shape index (κ1) is 14.0. The monoisotopic (exact) mass is 272 g/mol. The Morgan fingerprint density at radius 3 is 2.50 bits per heavy atom. The van der Waals surface area contributed by atoms with E-state index in [9.17, 15) is 0 Å². The van der Waals surface area contributed by atoms with E-state index in [1.165, 1.54) is 11.1 Å². The van der Waals surface area contributed by atoms with Gasteiger partial charge in [-0.15, -0.1) is 0 Å². The van der Waals surface area contributed by atoms with E-state index in [-0.39, 0.29) is 0 Å². The molecule has 0 aliphatic carbocycles. The molecule has 2 aromatic rings. The van der Waals surface area contributed by atoms with Crippen LogP contribution in [0.5, 0.6) is 0 Å². The third-order valence-electron chi connectivity index (χ3n) is 3.02. The highest BCUT2D eigenvalue weighted by atomic mass is 15.3. The number of hydrogen-bond donors (Lipinski definition) is 2. The zero-order valence-corrected chi connectivity index (χ0v) is 12.1. The summed E-state index contributed by atoms with van der Waals surface area (Å²) >= 11 is 0. The zero-order chi connectivity index (χ0) is 14.4. The van der Waals surface area contributed by atoms with Gasteiger partial charge in [0.05, 0.1) is 6.54 Å². The minimum atomic E-state index is 0.587. The van der Waals surface area contributed by atoms with Gasteiger partial charge in [0.1, 0.15) is 12.2 Å². The van der Waals surface area contributed by atoms with Crippen molar-refractivity contribution in [3.05, 3.63) is 47.5 Å². The summed E-state index contributed by atoms with van der Waals surface area (Å²) in [5.41, 5.74) is 2.48. The summed E-state index contributed by atoms with van der Waals surface area (Å²) in [4.78, 5) is 8.34. The van der Waals surface area contributed by atoms with Crippen molar-refractivity contribution in [2.24, 2.45) is 12.0 Å². The standard InChI is InChI=1S/C14H20N6/c1-11-4-6-12(7-5-11)8-16-14(15-2)17-9-13-18-10-19-20(13)3/h4-7,10H,8-9H2,1-3H3,(H2,15,16,17). The molecule has 106 valence electrons. The van der Waals surface area contributed by atoms with Gasteiger partial charge in [0.15, 0.2) is 5.96 Å². The molecule has 0 fully saturated rings. The van der Waals surface area contributed by atoms with Crippen LogP contribution >= 0.6 is 0 Å². The topological polar surface area (TPSA) is 67.1 Å². The highest BCUT2D eigenvalue weighted by Crippen LogP contribution is 2.02. The number of nitrogens with zero attached hydrogens (tertiary/aromatic N) is 4. The van der Waals surface area contributed by atoms with Gasteiger partial charge in [-0.3, -0.25) is 9.67 Å². The molecule has 1 aromatic heterocycles. The lowest BCUT2D eigenvalue weighted by atomic mass is 10.1. The molecule has 2 N–H and O–H groups in total. The van der Waals surface area contributed by atoms with Crippen LogP contribution in [0, 0.1) is 6.92 Å². The molecule has 0 radical (unpaired) electrons. The summed E-state index contributed by atoms with van der Waals surface area (Å²) in [5.74, 6) is 1.61. The van der Waals surface area contributed by atoms with E-state index in [1.807, 2.05) is 7.05 Å². The van der Waals surface area contributed by atoms with Crippen molar-refractivity contribution in [1.29, 1.82) is 0 Å². The normalized spacial score (nSPS) is 11.4. The lowest BCUT2D eigenvalue weighted by Crippen LogP contribution is -2.36. The van der Waals surface area contributed by atoms with Gasteiger partial charge in [-0.2, -0.15) is 5.10 Å². The first-order valence-electron chi connectivity index (χ1n) is 6.52. The van der Waals surface area contributed by atoms with Crippen LogP contribution in [-0.4, -0.2) is 27.8 Å². The number of rotatable bonds is 4. The fourth-order valence-corrected chi connectivity index (χ4v) is 1.76. The second-order valence-electron chi connectivity index (χ2n) is 4.56. The SMILES string of the molecule is CN=C(NCc1ccc(C)cc1)NCc1ncnn1C. The molecular weight excluding hydrogens is 252 g/mol. The van der Waals surface area contributed by atoms with E-state index in [4.69, 9.17) is 0 Å². The van der Waals surface area contributed by atoms with E-state index in [1.54, 1.807) is 18.1 Å². The molecule has 0 spiro atoms. The van der Waals surface area contributed by atoms with E-state index < -0.39 is 0 Å². The molecule has 0 aliphatic heterocycles. The minimum Gasteiger partial charge on any atom is -0.352 e. The molecule has 6 heteroatoms. The van der Waals surface area contributed by atoms with Gasteiger partial charge < -0.3 is 10.6 Å². The van der Waals surface area contributed by atoms with Crippen molar-refractivity contribution in [3.63, 3.8) is 0 Å². The van der Waals surface area contributed by atoms with Crippen molar-refractivity contribution < 1.29 is 0 Å². The van der Waals surface area contributed by atoms with Gasteiger partial charge >= 0.3 is 0 Å². The molecular formula is C14H20N6. The fourth-order valence-electron chi connectivity index (χ4n) is 1.76. The first-order valence-corrected chi connectivity index (χ1v) is 6.52. The summed E-state index contributed by atoms with van der Waals surface area (Å²) in [5, 5.41) is 10.5. The Hall–Kier alpha value is -2.37. The summed E-state index contributed by atoms with van der Waals surface area (Å²) in [7, 11) is 3.62. The molecule has 0 atom stereocenters. The number of aromatic nitrogens is 3. The Morgan fingerprint density at radius 1 is 1.20 bits per heavy atom. The van der Waals surface area contributed by atoms with Gasteiger partial charge in [-0.1, -0.05) is 29.8 Å². The highest BCUT2D eigenvalue weighted by Gasteiger charge is 2.02. The van der Waals surface area contributed by atoms with Crippen LogP contribution in [-0.2, 0) is 20.1 Å². The number of nitrogens with one attached hydrogen (secondary N) is 2. The maximum Gasteiger partial charge on any atom is 0.191 e. The number of aryl methyl sites for hydroxylation is 2. The zero-order valence-electron chi connectivity index (χ0n) is 12.1. The average molecular weight is 272 g/mol. The summed E-state index contributed by atoms with van der Waals surface area (Å²) in [6.45, 7) is 3.40. The lowest BCUT2D eigenvalue weighted by molar-refractivity contribution is 0.672. The maximum absolute atomic E-state index is 4.19. The number of benzene rings is 1. The Bertz CT molecular complexity index is 570. The molecule has 1 heterocycles. The van der Waals surface area contributed by atoms with Crippen LogP contribution in [0.4, 0.5) is 0 Å². The predicted octanol–water partition coefficient (Wildman–Crippen LogP) is 0.989. The Morgan fingerprint density at radius 2 is 1.90 bits per heavy atom. The number of guanidine groups is 1. The fraction of sp³-hybridized carbons (Fsp3) is 0.357. The molecule has 0 aliphatic rings. The second kappa shape index (κ2) is 6.70. The van der Waals surface area contributed by atoms with Crippen molar-refractivity contribution in [1.82, 2.24) is 25.4 Å². The summed E-state index contributed by atoms with van der Waals surface area (Å²) in [6.07, 6.45) is 1.54. The van der Waals surface area contributed by atoms with Crippen LogP contribution < -0.4 is 10.6 Å². The Balaban J connectivity index is 1.84. The lowest BCUT2D eigenvalue weighted by Gasteiger charge is -2.11. The quantitative estimate of drug-likeness (QED) is 0.643. The second-order valence-corrected chi connectivity index (χ2v) is 4.56. The molecule has 0 amide bonds.